The van der Waals surface area contributed by atoms with E-state index < -0.39 is 0 Å². The number of rotatable bonds is 6. The van der Waals surface area contributed by atoms with E-state index in [2.05, 4.69) is 26.2 Å². The lowest BCUT2D eigenvalue weighted by Gasteiger charge is -2.13. The second kappa shape index (κ2) is 23.6. The lowest BCUT2D eigenvalue weighted by atomic mass is 10.3. The highest BCUT2D eigenvalue weighted by Gasteiger charge is 2.30. The fraction of sp³-hybridized carbons (Fsp3) is 0.222. The number of fused-ring (bicyclic) bond motifs is 3. The number of aryl methyl sites for hydroxylation is 3. The van der Waals surface area contributed by atoms with E-state index in [1.54, 1.807) is 95.7 Å². The second-order valence-corrected chi connectivity index (χ2v) is 27.4. The molecule has 24 heteroatoms. The minimum Gasteiger partial charge on any atom is -0.337 e. The van der Waals surface area contributed by atoms with Gasteiger partial charge in [0.15, 0.2) is 18.6 Å². The number of benzene rings is 3. The number of hydrogen-bond donors (Lipinski definition) is 0. The van der Waals surface area contributed by atoms with Gasteiger partial charge in [-0.05, 0) is 63.2 Å². The van der Waals surface area contributed by atoms with Crippen LogP contribution in [0.15, 0.2) is 118 Å². The van der Waals surface area contributed by atoms with Crippen molar-refractivity contribution in [1.82, 2.24) is 13.7 Å². The third-order valence-corrected chi connectivity index (χ3v) is 23.5. The van der Waals surface area contributed by atoms with Gasteiger partial charge in [-0.2, -0.15) is 13.7 Å². The van der Waals surface area contributed by atoms with E-state index in [1.165, 1.54) is 29.2 Å². The summed E-state index contributed by atoms with van der Waals surface area (Å²) in [4.78, 5) is 48.0. The Morgan fingerprint density at radius 2 is 0.923 bits per heavy atom. The lowest BCUT2D eigenvalue weighted by Crippen LogP contribution is -2.34. The summed E-state index contributed by atoms with van der Waals surface area (Å²) in [6, 6.07) is 16.7. The van der Waals surface area contributed by atoms with Gasteiger partial charge in [0.2, 0.25) is 0 Å². The molecule has 0 atom stereocenters. The van der Waals surface area contributed by atoms with Gasteiger partial charge in [0.25, 0.3) is 31.7 Å². The third kappa shape index (κ3) is 10.7. The number of para-hydroxylation sites is 2. The maximum Gasteiger partial charge on any atom is 0.271 e. The molecular formula is C54H51Cl2FN9O3S9+3. The maximum absolute atomic E-state index is 14.2. The van der Waals surface area contributed by atoms with Crippen LogP contribution in [-0.4, -0.2) is 34.8 Å². The molecule has 6 aromatic heterocycles. The van der Waals surface area contributed by atoms with E-state index in [-0.39, 0.29) is 22.5 Å². The molecule has 12 nitrogen and oxygen atoms in total. The largest absolute Gasteiger partial charge is 0.337 e. The first-order valence-electron chi connectivity index (χ1n) is 24.3. The minimum absolute atomic E-state index is 0.0227. The van der Waals surface area contributed by atoms with Crippen LogP contribution < -0.4 is 72.7 Å². The van der Waals surface area contributed by atoms with Crippen LogP contribution in [0.4, 0.5) is 21.5 Å². The van der Waals surface area contributed by atoms with Crippen molar-refractivity contribution in [1.29, 1.82) is 0 Å². The molecule has 0 saturated carbocycles. The van der Waals surface area contributed by atoms with Gasteiger partial charge in [-0.15, -0.1) is 34.0 Å². The van der Waals surface area contributed by atoms with Crippen molar-refractivity contribution >= 4 is 177 Å². The zero-order valence-electron chi connectivity index (χ0n) is 43.6. The molecule has 78 heavy (non-hydrogen) atoms. The van der Waals surface area contributed by atoms with Crippen molar-refractivity contribution in [2.45, 2.75) is 55.1 Å². The quantitative estimate of drug-likeness (QED) is 0.159. The molecular weight excluding hydrogens is 1200 g/mol. The molecule has 12 rings (SSSR count). The Morgan fingerprint density at radius 3 is 1.32 bits per heavy atom. The van der Waals surface area contributed by atoms with Crippen LogP contribution in [0.3, 0.4) is 0 Å². The highest BCUT2D eigenvalue weighted by Crippen LogP contribution is 2.49. The van der Waals surface area contributed by atoms with Crippen molar-refractivity contribution in [3.8, 4) is 0 Å². The fourth-order valence-corrected chi connectivity index (χ4v) is 19.4. The smallest absolute Gasteiger partial charge is 0.271 e. The third-order valence-electron chi connectivity index (χ3n) is 12.9. The standard InChI is InChI=1S/2C18H17ClN3OS3.C18H17FN3OS3/c1-4-22-15(10-14-20(2)7-8-24-14)26-16(17(22)23)18-21(3)12-6-5-11(19)9-13(12)25-18;2*1-4-22-14(10-13-20(2)8-9-24-13)26-16(17(22)23)18-21(3)15-11(19)6-5-7-12(15)25-18/h3*5-10H,4H2,1-3H3/q3*+1/b3*18-16+. The second-order valence-electron chi connectivity index (χ2n) is 17.6. The first kappa shape index (κ1) is 56.3. The SMILES string of the molecule is CCn1c(=O)/c(=C2\Sc3cc(Cl)ccc3N2C)s/c1=C\c1scc[n+]1C.CCn1c(=O)/c(=C2\Sc3cccc(Cl)c3N2C)s/c1=C\c1scc[n+]1C.CCn1c(=O)/c(=C2\Sc3cccc(F)c3N2C)s/c1=C\c1scc[n+]1C. The van der Waals surface area contributed by atoms with Crippen LogP contribution in [0.5, 0.6) is 0 Å². The minimum atomic E-state index is -0.266. The van der Waals surface area contributed by atoms with Gasteiger partial charge in [-0.25, -0.2) is 4.39 Å². The normalized spacial score (nSPS) is 16.5. The van der Waals surface area contributed by atoms with Crippen molar-refractivity contribution in [3.63, 3.8) is 0 Å². The summed E-state index contributed by atoms with van der Waals surface area (Å²) in [6.45, 7) is 7.87. The molecule has 9 aromatic rings. The van der Waals surface area contributed by atoms with E-state index in [9.17, 15) is 18.8 Å². The van der Waals surface area contributed by atoms with Crippen LogP contribution in [0.1, 0.15) is 35.8 Å². The molecule has 0 radical (unpaired) electrons. The molecule has 0 spiro atoms. The van der Waals surface area contributed by atoms with Crippen molar-refractivity contribution in [3.05, 3.63) is 179 Å². The van der Waals surface area contributed by atoms with Gasteiger partial charge in [0.05, 0.1) is 56.5 Å². The number of anilines is 3. The Bertz CT molecular complexity index is 4230. The molecule has 402 valence electrons. The Hall–Kier alpha value is -4.98. The van der Waals surface area contributed by atoms with E-state index in [4.69, 9.17) is 23.2 Å². The molecule has 0 aliphatic carbocycles. The number of thiazole rings is 6. The molecule has 0 amide bonds. The molecule has 3 aromatic carbocycles. The first-order chi connectivity index (χ1) is 37.5. The van der Waals surface area contributed by atoms with Gasteiger partial charge >= 0.3 is 0 Å². The molecule has 0 fully saturated rings. The van der Waals surface area contributed by atoms with Gasteiger partial charge < -0.3 is 14.7 Å². The molecule has 0 bridgehead atoms. The van der Waals surface area contributed by atoms with Crippen molar-refractivity contribution in [2.75, 3.05) is 35.8 Å². The van der Waals surface area contributed by atoms with Crippen molar-refractivity contribution in [2.24, 2.45) is 21.1 Å². The molecule has 3 aliphatic heterocycles. The van der Waals surface area contributed by atoms with Crippen LogP contribution in [0.2, 0.25) is 10.0 Å². The fourth-order valence-electron chi connectivity index (χ4n) is 8.75. The Balaban J connectivity index is 0.000000132. The summed E-state index contributed by atoms with van der Waals surface area (Å²) in [5.74, 6) is -0.266. The molecule has 0 saturated heterocycles. The van der Waals surface area contributed by atoms with E-state index in [0.29, 0.717) is 39.9 Å². The lowest BCUT2D eigenvalue weighted by molar-refractivity contribution is -0.668. The maximum atomic E-state index is 14.2. The summed E-state index contributed by atoms with van der Waals surface area (Å²) in [5.41, 5.74) is 2.70. The summed E-state index contributed by atoms with van der Waals surface area (Å²) >= 11 is 26.7. The van der Waals surface area contributed by atoms with Gasteiger partial charge in [-0.1, -0.05) is 105 Å². The molecule has 3 aliphatic rings. The van der Waals surface area contributed by atoms with E-state index >= 15 is 0 Å². The Labute approximate surface area is 495 Å². The molecule has 0 unspecified atom stereocenters. The first-order valence-corrected chi connectivity index (χ1v) is 32.6. The number of halogens is 3. The number of hydrogen-bond acceptors (Lipinski definition) is 15. The predicted molar refractivity (Wildman–Crippen MR) is 330 cm³/mol. The highest BCUT2D eigenvalue weighted by molar-refractivity contribution is 8.09. The van der Waals surface area contributed by atoms with Crippen LogP contribution >= 0.6 is 127 Å². The van der Waals surface area contributed by atoms with Crippen LogP contribution in [-0.2, 0) is 40.8 Å². The van der Waals surface area contributed by atoms with E-state index in [1.807, 2.05) is 165 Å². The van der Waals surface area contributed by atoms with Crippen molar-refractivity contribution < 1.29 is 18.1 Å². The highest BCUT2D eigenvalue weighted by atomic mass is 35.5. The predicted octanol–water partition coefficient (Wildman–Crippen LogP) is 7.30. The molecule has 9 heterocycles. The number of aromatic nitrogens is 6. The number of thioether (sulfide) groups is 3. The zero-order valence-corrected chi connectivity index (χ0v) is 52.4. The molecule has 0 N–H and O–H groups in total. The Morgan fingerprint density at radius 1 is 0.526 bits per heavy atom. The monoisotopic (exact) mass is 1250 g/mol. The van der Waals surface area contributed by atoms with E-state index in [0.717, 1.165) is 79.2 Å². The Kier molecular flexibility index (Phi) is 17.0. The topological polar surface area (TPSA) is 87.4 Å². The summed E-state index contributed by atoms with van der Waals surface area (Å²) in [5, 5.41) is 13.5. The summed E-state index contributed by atoms with van der Waals surface area (Å²) < 4.78 is 30.9. The summed E-state index contributed by atoms with van der Waals surface area (Å²) in [7, 11) is 11.8. The summed E-state index contributed by atoms with van der Waals surface area (Å²) in [6.07, 6.45) is 12.3. The average Bonchev–Trinajstić information content (AvgIpc) is 4.52. The van der Waals surface area contributed by atoms with Gasteiger partial charge in [0.1, 0.15) is 69.6 Å². The van der Waals surface area contributed by atoms with Gasteiger partial charge in [-0.3, -0.25) is 28.1 Å². The van der Waals surface area contributed by atoms with Crippen LogP contribution in [0.25, 0.3) is 33.3 Å². The number of nitrogens with zero attached hydrogens (tertiary/aromatic N) is 9. The zero-order chi connectivity index (χ0) is 55.3. The average molecular weight is 1250 g/mol. The van der Waals surface area contributed by atoms with Gasteiger partial charge in [0, 0.05) is 60.5 Å². The van der Waals surface area contributed by atoms with Crippen LogP contribution in [0, 0.1) is 5.82 Å².